The molecule has 0 spiro atoms. The van der Waals surface area contributed by atoms with E-state index in [1.54, 1.807) is 6.20 Å². The number of rotatable bonds is 3. The van der Waals surface area contributed by atoms with E-state index in [1.807, 2.05) is 0 Å². The lowest BCUT2D eigenvalue weighted by molar-refractivity contribution is 0.457. The summed E-state index contributed by atoms with van der Waals surface area (Å²) in [5, 5.41) is 3.11. The molecule has 94 valence electrons. The molecule has 0 unspecified atom stereocenters. The summed E-state index contributed by atoms with van der Waals surface area (Å²) >= 11 is 3.19. The molecule has 2 nitrogen and oxygen atoms in total. The van der Waals surface area contributed by atoms with Crippen molar-refractivity contribution in [1.29, 1.82) is 0 Å². The molecule has 1 saturated carbocycles. The second-order valence-electron chi connectivity index (χ2n) is 5.86. The molecule has 1 aromatic heterocycles. The topological polar surface area (TPSA) is 24.9 Å². The van der Waals surface area contributed by atoms with Crippen LogP contribution in [0.3, 0.4) is 0 Å². The molecule has 17 heavy (non-hydrogen) atoms. The summed E-state index contributed by atoms with van der Waals surface area (Å²) in [4.78, 5) is 4.04. The highest BCUT2D eigenvalue weighted by atomic mass is 79.9. The highest BCUT2D eigenvalue weighted by molar-refractivity contribution is 9.10. The molecule has 2 rings (SSSR count). The Balaban J connectivity index is 2.00. The molecule has 1 heterocycles. The van der Waals surface area contributed by atoms with Crippen LogP contribution in [0.15, 0.2) is 16.7 Å². The van der Waals surface area contributed by atoms with Crippen LogP contribution >= 0.6 is 15.9 Å². The molecule has 0 amide bonds. The van der Waals surface area contributed by atoms with Crippen molar-refractivity contribution in [2.45, 2.75) is 27.7 Å². The van der Waals surface area contributed by atoms with Crippen LogP contribution in [0.25, 0.3) is 0 Å². The van der Waals surface area contributed by atoms with E-state index in [-0.39, 0.29) is 5.82 Å². The fraction of sp³-hybridized carbons (Fsp3) is 0.615. The van der Waals surface area contributed by atoms with Gasteiger partial charge in [0.15, 0.2) is 11.6 Å². The fourth-order valence-corrected chi connectivity index (χ4v) is 2.89. The van der Waals surface area contributed by atoms with Crippen molar-refractivity contribution in [2.75, 3.05) is 11.9 Å². The third kappa shape index (κ3) is 2.07. The van der Waals surface area contributed by atoms with Crippen LogP contribution in [0.1, 0.15) is 27.7 Å². The first-order valence-electron chi connectivity index (χ1n) is 5.81. The standard InChI is InChI=1S/C13H18BrFN2/c1-12(2)10(13(12,3)4)7-17-11-9(15)5-8(14)6-16-11/h5-6,10H,7H2,1-4H3,(H,16,17). The summed E-state index contributed by atoms with van der Waals surface area (Å²) in [6.45, 7) is 9.79. The third-order valence-electron chi connectivity index (χ3n) is 4.60. The SMILES string of the molecule is CC1(C)C(CNc2ncc(Br)cc2F)C1(C)C. The van der Waals surface area contributed by atoms with Crippen molar-refractivity contribution in [3.63, 3.8) is 0 Å². The van der Waals surface area contributed by atoms with Crippen molar-refractivity contribution in [1.82, 2.24) is 4.98 Å². The lowest BCUT2D eigenvalue weighted by atomic mass is 10.0. The maximum absolute atomic E-state index is 13.6. The number of hydrogen-bond acceptors (Lipinski definition) is 2. The molecule has 0 atom stereocenters. The summed E-state index contributed by atoms with van der Waals surface area (Å²) in [7, 11) is 0. The molecule has 4 heteroatoms. The maximum atomic E-state index is 13.6. The molecular formula is C13H18BrFN2. The molecule has 0 bridgehead atoms. The van der Waals surface area contributed by atoms with E-state index < -0.39 is 0 Å². The van der Waals surface area contributed by atoms with E-state index in [2.05, 4.69) is 53.9 Å². The minimum Gasteiger partial charge on any atom is -0.367 e. The number of anilines is 1. The van der Waals surface area contributed by atoms with Crippen LogP contribution < -0.4 is 5.32 Å². The summed E-state index contributed by atoms with van der Waals surface area (Å²) in [5.41, 5.74) is 0.623. The molecular weight excluding hydrogens is 283 g/mol. The Morgan fingerprint density at radius 1 is 1.35 bits per heavy atom. The molecule has 1 fully saturated rings. The highest BCUT2D eigenvalue weighted by Crippen LogP contribution is 2.68. The molecule has 1 aliphatic carbocycles. The lowest BCUT2D eigenvalue weighted by Gasteiger charge is -2.07. The van der Waals surface area contributed by atoms with E-state index in [9.17, 15) is 4.39 Å². The van der Waals surface area contributed by atoms with Gasteiger partial charge in [0.25, 0.3) is 0 Å². The van der Waals surface area contributed by atoms with Gasteiger partial charge in [0, 0.05) is 17.2 Å². The van der Waals surface area contributed by atoms with Gasteiger partial charge in [-0.2, -0.15) is 0 Å². The minimum absolute atomic E-state index is 0.310. The normalized spacial score (nSPS) is 21.3. The first-order chi connectivity index (χ1) is 7.76. The molecule has 1 aromatic rings. The summed E-state index contributed by atoms with van der Waals surface area (Å²) in [6.07, 6.45) is 1.61. The minimum atomic E-state index is -0.310. The lowest BCUT2D eigenvalue weighted by Crippen LogP contribution is -2.10. The first-order valence-corrected chi connectivity index (χ1v) is 6.61. The van der Waals surface area contributed by atoms with Crippen LogP contribution in [0.5, 0.6) is 0 Å². The van der Waals surface area contributed by atoms with Crippen molar-refractivity contribution < 1.29 is 4.39 Å². The predicted molar refractivity (Wildman–Crippen MR) is 71.4 cm³/mol. The largest absolute Gasteiger partial charge is 0.367 e. The monoisotopic (exact) mass is 300 g/mol. The second-order valence-corrected chi connectivity index (χ2v) is 6.78. The van der Waals surface area contributed by atoms with Gasteiger partial charge in [-0.3, -0.25) is 0 Å². The number of nitrogens with zero attached hydrogens (tertiary/aromatic N) is 1. The van der Waals surface area contributed by atoms with Gasteiger partial charge in [-0.1, -0.05) is 27.7 Å². The van der Waals surface area contributed by atoms with E-state index in [4.69, 9.17) is 0 Å². The Morgan fingerprint density at radius 2 is 1.94 bits per heavy atom. The van der Waals surface area contributed by atoms with Gasteiger partial charge >= 0.3 is 0 Å². The maximum Gasteiger partial charge on any atom is 0.166 e. The zero-order chi connectivity index (χ0) is 12.8. The third-order valence-corrected chi connectivity index (χ3v) is 5.03. The summed E-state index contributed by atoms with van der Waals surface area (Å²) in [6, 6.07) is 1.43. The first kappa shape index (κ1) is 12.8. The van der Waals surface area contributed by atoms with Gasteiger partial charge in [0.1, 0.15) is 0 Å². The second kappa shape index (κ2) is 3.94. The Kier molecular flexibility index (Phi) is 2.97. The number of aromatic nitrogens is 1. The zero-order valence-electron chi connectivity index (χ0n) is 10.6. The van der Waals surface area contributed by atoms with E-state index >= 15 is 0 Å². The number of hydrogen-bond donors (Lipinski definition) is 1. The van der Waals surface area contributed by atoms with Crippen LogP contribution in [0.2, 0.25) is 0 Å². The van der Waals surface area contributed by atoms with Crippen LogP contribution in [-0.4, -0.2) is 11.5 Å². The highest BCUT2D eigenvalue weighted by Gasteiger charge is 2.64. The molecule has 0 radical (unpaired) electrons. The average molecular weight is 301 g/mol. The van der Waals surface area contributed by atoms with Gasteiger partial charge in [-0.25, -0.2) is 9.37 Å². The Labute approximate surface area is 110 Å². The fourth-order valence-electron chi connectivity index (χ4n) is 2.59. The average Bonchev–Trinajstić information content (AvgIpc) is 2.58. The molecule has 1 N–H and O–H groups in total. The number of nitrogens with one attached hydrogen (secondary N) is 1. The molecule has 0 saturated heterocycles. The van der Waals surface area contributed by atoms with Gasteiger partial charge in [-0.05, 0) is 38.7 Å². The van der Waals surface area contributed by atoms with Crippen LogP contribution in [-0.2, 0) is 0 Å². The number of halogens is 2. The molecule has 0 aromatic carbocycles. The smallest absolute Gasteiger partial charge is 0.166 e. The number of pyridine rings is 1. The predicted octanol–water partition coefficient (Wildman–Crippen LogP) is 4.08. The van der Waals surface area contributed by atoms with Gasteiger partial charge in [0.2, 0.25) is 0 Å². The van der Waals surface area contributed by atoms with E-state index in [1.165, 1.54) is 6.07 Å². The van der Waals surface area contributed by atoms with Crippen molar-refractivity contribution in [2.24, 2.45) is 16.7 Å². The Hall–Kier alpha value is -0.640. The van der Waals surface area contributed by atoms with Crippen LogP contribution in [0.4, 0.5) is 10.2 Å². The molecule has 0 aliphatic heterocycles. The van der Waals surface area contributed by atoms with Crippen molar-refractivity contribution in [3.05, 3.63) is 22.6 Å². The van der Waals surface area contributed by atoms with Gasteiger partial charge in [0.05, 0.1) is 0 Å². The Morgan fingerprint density at radius 3 is 2.41 bits per heavy atom. The van der Waals surface area contributed by atoms with E-state index in [0.29, 0.717) is 27.0 Å². The van der Waals surface area contributed by atoms with Crippen LogP contribution in [0, 0.1) is 22.6 Å². The van der Waals surface area contributed by atoms with Gasteiger partial charge in [-0.15, -0.1) is 0 Å². The van der Waals surface area contributed by atoms with Crippen molar-refractivity contribution in [3.8, 4) is 0 Å². The summed E-state index contributed by atoms with van der Waals surface area (Å²) < 4.78 is 14.2. The Bertz CT molecular complexity index is 429. The summed E-state index contributed by atoms with van der Waals surface area (Å²) in [5.74, 6) is 0.585. The zero-order valence-corrected chi connectivity index (χ0v) is 12.2. The van der Waals surface area contributed by atoms with Crippen molar-refractivity contribution >= 4 is 21.7 Å². The van der Waals surface area contributed by atoms with Gasteiger partial charge < -0.3 is 5.32 Å². The molecule has 1 aliphatic rings. The van der Waals surface area contributed by atoms with E-state index in [0.717, 1.165) is 6.54 Å². The quantitative estimate of drug-likeness (QED) is 0.910.